The predicted octanol–water partition coefficient (Wildman–Crippen LogP) is 2.56. The van der Waals surface area contributed by atoms with Crippen LogP contribution in [0.15, 0.2) is 42.5 Å². The Labute approximate surface area is 89.4 Å². The molecule has 0 unspecified atom stereocenters. The van der Waals surface area contributed by atoms with Crippen molar-refractivity contribution in [1.82, 2.24) is 0 Å². The summed E-state index contributed by atoms with van der Waals surface area (Å²) in [6.07, 6.45) is -5.07. The Morgan fingerprint density at radius 1 is 1.06 bits per heavy atom. The van der Waals surface area contributed by atoms with E-state index in [2.05, 4.69) is 6.58 Å². The van der Waals surface area contributed by atoms with E-state index in [1.54, 1.807) is 6.07 Å². The van der Waals surface area contributed by atoms with E-state index in [0.29, 0.717) is 0 Å². The number of allylic oxidation sites excluding steroid dienone is 1. The zero-order chi connectivity index (χ0) is 12.3. The van der Waals surface area contributed by atoms with Gasteiger partial charge in [0.25, 0.3) is 5.78 Å². The van der Waals surface area contributed by atoms with E-state index in [0.717, 1.165) is 0 Å². The number of rotatable bonds is 3. The SMILES string of the molecule is C=C(C(=O)c1ccccc1)C(=O)C(F)(F)F. The Morgan fingerprint density at radius 3 is 2.00 bits per heavy atom. The zero-order valence-corrected chi connectivity index (χ0v) is 8.04. The fourth-order valence-electron chi connectivity index (χ4n) is 1.04. The monoisotopic (exact) mass is 228 g/mol. The van der Waals surface area contributed by atoms with E-state index in [-0.39, 0.29) is 5.56 Å². The number of hydrogen-bond donors (Lipinski definition) is 0. The van der Waals surface area contributed by atoms with Crippen molar-refractivity contribution in [3.8, 4) is 0 Å². The Balaban J connectivity index is 2.93. The van der Waals surface area contributed by atoms with E-state index < -0.39 is 23.3 Å². The van der Waals surface area contributed by atoms with E-state index >= 15 is 0 Å². The van der Waals surface area contributed by atoms with Crippen LogP contribution in [0.2, 0.25) is 0 Å². The van der Waals surface area contributed by atoms with Crippen LogP contribution in [0.1, 0.15) is 10.4 Å². The Bertz CT molecular complexity index is 432. The molecule has 0 aliphatic heterocycles. The summed E-state index contributed by atoms with van der Waals surface area (Å²) in [7, 11) is 0. The van der Waals surface area contributed by atoms with Gasteiger partial charge in [-0.2, -0.15) is 13.2 Å². The molecular formula is C11H7F3O2. The minimum absolute atomic E-state index is 0.00472. The second-order valence-corrected chi connectivity index (χ2v) is 3.00. The number of hydrogen-bond acceptors (Lipinski definition) is 2. The van der Waals surface area contributed by atoms with Crippen molar-refractivity contribution < 1.29 is 22.8 Å². The average Bonchev–Trinajstić information content (AvgIpc) is 2.26. The van der Waals surface area contributed by atoms with Crippen LogP contribution in [0.3, 0.4) is 0 Å². The van der Waals surface area contributed by atoms with Gasteiger partial charge in [0, 0.05) is 5.56 Å². The lowest BCUT2D eigenvalue weighted by Gasteiger charge is -2.06. The van der Waals surface area contributed by atoms with Crippen LogP contribution in [0.25, 0.3) is 0 Å². The molecule has 5 heteroatoms. The predicted molar refractivity (Wildman–Crippen MR) is 51.0 cm³/mol. The maximum absolute atomic E-state index is 12.0. The van der Waals surface area contributed by atoms with Gasteiger partial charge in [-0.15, -0.1) is 0 Å². The number of halogens is 3. The van der Waals surface area contributed by atoms with Crippen molar-refractivity contribution in [1.29, 1.82) is 0 Å². The molecule has 1 aromatic carbocycles. The smallest absolute Gasteiger partial charge is 0.288 e. The third-order valence-electron chi connectivity index (χ3n) is 1.84. The molecule has 0 aliphatic carbocycles. The van der Waals surface area contributed by atoms with Gasteiger partial charge >= 0.3 is 6.18 Å². The normalized spacial score (nSPS) is 10.9. The van der Waals surface area contributed by atoms with E-state index in [4.69, 9.17) is 0 Å². The standard InChI is InChI=1S/C11H7F3O2/c1-7(10(16)11(12,13)14)9(15)8-5-3-2-4-6-8/h2-6H,1H2. The zero-order valence-electron chi connectivity index (χ0n) is 8.04. The summed E-state index contributed by atoms with van der Waals surface area (Å²) < 4.78 is 36.0. The van der Waals surface area contributed by atoms with Crippen LogP contribution in [0.5, 0.6) is 0 Å². The molecule has 1 aromatic rings. The fourth-order valence-corrected chi connectivity index (χ4v) is 1.04. The van der Waals surface area contributed by atoms with Gasteiger partial charge in [0.15, 0.2) is 5.78 Å². The van der Waals surface area contributed by atoms with Crippen molar-refractivity contribution in [2.24, 2.45) is 0 Å². The molecule has 0 heterocycles. The second-order valence-electron chi connectivity index (χ2n) is 3.00. The Morgan fingerprint density at radius 2 is 1.56 bits per heavy atom. The largest absolute Gasteiger partial charge is 0.454 e. The highest BCUT2D eigenvalue weighted by Crippen LogP contribution is 2.21. The van der Waals surface area contributed by atoms with Gasteiger partial charge in [-0.3, -0.25) is 9.59 Å². The molecule has 0 radical (unpaired) electrons. The lowest BCUT2D eigenvalue weighted by molar-refractivity contribution is -0.166. The van der Waals surface area contributed by atoms with Gasteiger partial charge in [-0.05, 0) is 0 Å². The number of alkyl halides is 3. The summed E-state index contributed by atoms with van der Waals surface area (Å²) in [6, 6.07) is 7.20. The van der Waals surface area contributed by atoms with Crippen LogP contribution in [-0.4, -0.2) is 17.7 Å². The first-order valence-electron chi connectivity index (χ1n) is 4.24. The summed E-state index contributed by atoms with van der Waals surface area (Å²) >= 11 is 0. The summed E-state index contributed by atoms with van der Waals surface area (Å²) in [5.74, 6) is -3.22. The molecule has 84 valence electrons. The molecule has 0 saturated carbocycles. The highest BCUT2D eigenvalue weighted by molar-refractivity contribution is 6.27. The van der Waals surface area contributed by atoms with Crippen LogP contribution in [0.4, 0.5) is 13.2 Å². The van der Waals surface area contributed by atoms with Crippen LogP contribution in [-0.2, 0) is 4.79 Å². The van der Waals surface area contributed by atoms with Gasteiger partial charge in [0.1, 0.15) is 0 Å². The molecule has 0 spiro atoms. The molecule has 0 saturated heterocycles. The fraction of sp³-hybridized carbons (Fsp3) is 0.0909. The minimum atomic E-state index is -5.07. The molecule has 0 N–H and O–H groups in total. The highest BCUT2D eigenvalue weighted by Gasteiger charge is 2.42. The van der Waals surface area contributed by atoms with Gasteiger partial charge < -0.3 is 0 Å². The lowest BCUT2D eigenvalue weighted by Crippen LogP contribution is -2.27. The Hall–Kier alpha value is -1.91. The average molecular weight is 228 g/mol. The summed E-state index contributed by atoms with van der Waals surface area (Å²) in [6.45, 7) is 2.88. The minimum Gasteiger partial charge on any atom is -0.288 e. The van der Waals surface area contributed by atoms with Gasteiger partial charge in [0.2, 0.25) is 0 Å². The van der Waals surface area contributed by atoms with Crippen molar-refractivity contribution in [3.05, 3.63) is 48.0 Å². The Kier molecular flexibility index (Phi) is 3.27. The molecule has 2 nitrogen and oxygen atoms in total. The number of carbonyl (C=O) groups excluding carboxylic acids is 2. The highest BCUT2D eigenvalue weighted by atomic mass is 19.4. The van der Waals surface area contributed by atoms with Crippen molar-refractivity contribution in [2.45, 2.75) is 6.18 Å². The third kappa shape index (κ3) is 2.56. The molecule has 0 fully saturated rings. The van der Waals surface area contributed by atoms with Gasteiger partial charge in [-0.25, -0.2) is 0 Å². The molecule has 16 heavy (non-hydrogen) atoms. The molecule has 0 aliphatic rings. The summed E-state index contributed by atoms with van der Waals surface area (Å²) in [5.41, 5.74) is -1.07. The van der Waals surface area contributed by atoms with E-state index in [1.165, 1.54) is 24.3 Å². The van der Waals surface area contributed by atoms with Crippen molar-refractivity contribution >= 4 is 11.6 Å². The quantitative estimate of drug-likeness (QED) is 0.345. The summed E-state index contributed by atoms with van der Waals surface area (Å²) in [4.78, 5) is 22.1. The molecule has 0 aromatic heterocycles. The maximum Gasteiger partial charge on any atom is 0.454 e. The molecule has 1 rings (SSSR count). The van der Waals surface area contributed by atoms with E-state index in [1.807, 2.05) is 0 Å². The first-order valence-corrected chi connectivity index (χ1v) is 4.24. The number of ketones is 2. The lowest BCUT2D eigenvalue weighted by atomic mass is 10.0. The number of benzene rings is 1. The molecule has 0 bridgehead atoms. The molecule has 0 amide bonds. The van der Waals surface area contributed by atoms with Gasteiger partial charge in [-0.1, -0.05) is 36.9 Å². The second kappa shape index (κ2) is 4.30. The molecular weight excluding hydrogens is 221 g/mol. The first kappa shape index (κ1) is 12.2. The van der Waals surface area contributed by atoms with Crippen molar-refractivity contribution in [2.75, 3.05) is 0 Å². The number of carbonyl (C=O) groups is 2. The molecule has 0 atom stereocenters. The third-order valence-corrected chi connectivity index (χ3v) is 1.84. The van der Waals surface area contributed by atoms with Crippen molar-refractivity contribution in [3.63, 3.8) is 0 Å². The first-order chi connectivity index (χ1) is 7.34. The summed E-state index contributed by atoms with van der Waals surface area (Å²) in [5, 5.41) is 0. The van der Waals surface area contributed by atoms with Crippen LogP contribution >= 0.6 is 0 Å². The van der Waals surface area contributed by atoms with Crippen LogP contribution in [0, 0.1) is 0 Å². The van der Waals surface area contributed by atoms with Crippen LogP contribution < -0.4 is 0 Å². The van der Waals surface area contributed by atoms with Gasteiger partial charge in [0.05, 0.1) is 5.57 Å². The maximum atomic E-state index is 12.0. The van der Waals surface area contributed by atoms with E-state index in [9.17, 15) is 22.8 Å². The topological polar surface area (TPSA) is 34.1 Å². The number of Topliss-reactive ketones (excluding diaryl/α,β-unsaturated/α-hetero) is 2.